The molecule has 41 heavy (non-hydrogen) atoms. The van der Waals surface area contributed by atoms with E-state index in [9.17, 15) is 19.5 Å². The Kier molecular flexibility index (Phi) is 8.99. The van der Waals surface area contributed by atoms with Gasteiger partial charge in [0.1, 0.15) is 12.6 Å². The van der Waals surface area contributed by atoms with E-state index >= 15 is 0 Å². The molecule has 1 fully saturated rings. The van der Waals surface area contributed by atoms with Crippen LogP contribution >= 0.6 is 0 Å². The number of hydrogen-bond donors (Lipinski definition) is 3. The Bertz CT molecular complexity index is 1330. The highest BCUT2D eigenvalue weighted by molar-refractivity contribution is 5.84. The molecule has 1 saturated carbocycles. The predicted octanol–water partition coefficient (Wildman–Crippen LogP) is 4.79. The Labute approximate surface area is 240 Å². The summed E-state index contributed by atoms with van der Waals surface area (Å²) in [6.07, 6.45) is 2.29. The van der Waals surface area contributed by atoms with E-state index in [1.807, 2.05) is 66.5 Å². The number of alkyl carbamates (subject to hydrolysis) is 1. The van der Waals surface area contributed by atoms with Gasteiger partial charge in [-0.25, -0.2) is 9.59 Å². The summed E-state index contributed by atoms with van der Waals surface area (Å²) in [4.78, 5) is 39.7. The Morgan fingerprint density at radius 1 is 0.902 bits per heavy atom. The first-order valence-corrected chi connectivity index (χ1v) is 14.2. The standard InChI is InChI=1S/C33H37N3O5/c1-36(19-22-10-3-2-4-11-22)20-30(32(38)39)34-31(37)18-29(23-12-9-13-23)35-33(40)41-21-28-26-16-7-5-14-24(26)25-15-6-8-17-27(25)28/h2-8,10-11,14-17,23,28-30H,9,12-13,18-21H2,1H3,(H,34,37)(H,35,40)(H,38,39). The number of likely N-dealkylation sites (N-methyl/N-ethyl adjacent to an activating group) is 1. The minimum atomic E-state index is -1.09. The molecule has 2 aliphatic rings. The molecule has 0 aliphatic heterocycles. The number of benzene rings is 3. The lowest BCUT2D eigenvalue weighted by atomic mass is 9.78. The summed E-state index contributed by atoms with van der Waals surface area (Å²) in [6.45, 7) is 0.913. The first kappa shape index (κ1) is 28.4. The molecular formula is C33H37N3O5. The van der Waals surface area contributed by atoms with Gasteiger partial charge in [-0.05, 0) is 53.6 Å². The van der Waals surface area contributed by atoms with Gasteiger partial charge in [0.15, 0.2) is 0 Å². The second kappa shape index (κ2) is 13.0. The van der Waals surface area contributed by atoms with Crippen molar-refractivity contribution in [3.05, 3.63) is 95.6 Å². The Morgan fingerprint density at radius 2 is 1.51 bits per heavy atom. The molecule has 2 unspecified atom stereocenters. The summed E-state index contributed by atoms with van der Waals surface area (Å²) in [5.74, 6) is -1.39. The first-order valence-electron chi connectivity index (χ1n) is 14.2. The Hall–Kier alpha value is -4.17. The topological polar surface area (TPSA) is 108 Å². The van der Waals surface area contributed by atoms with Crippen molar-refractivity contribution in [3.63, 3.8) is 0 Å². The minimum absolute atomic E-state index is 0.00103. The van der Waals surface area contributed by atoms with Crippen molar-refractivity contribution in [2.45, 2.75) is 50.2 Å². The van der Waals surface area contributed by atoms with E-state index in [4.69, 9.17) is 4.74 Å². The van der Waals surface area contributed by atoms with Crippen LogP contribution in [0.1, 0.15) is 48.3 Å². The molecule has 8 nitrogen and oxygen atoms in total. The van der Waals surface area contributed by atoms with Crippen LogP contribution in [0.5, 0.6) is 0 Å². The van der Waals surface area contributed by atoms with Gasteiger partial charge in [-0.3, -0.25) is 9.69 Å². The molecule has 214 valence electrons. The second-order valence-corrected chi connectivity index (χ2v) is 11.1. The van der Waals surface area contributed by atoms with Crippen LogP contribution < -0.4 is 10.6 Å². The maximum atomic E-state index is 13.0. The number of rotatable bonds is 12. The maximum Gasteiger partial charge on any atom is 0.407 e. The van der Waals surface area contributed by atoms with Crippen LogP contribution in [0.15, 0.2) is 78.9 Å². The molecule has 0 saturated heterocycles. The lowest BCUT2D eigenvalue weighted by molar-refractivity contribution is -0.142. The lowest BCUT2D eigenvalue weighted by Gasteiger charge is -2.34. The summed E-state index contributed by atoms with van der Waals surface area (Å²) in [6, 6.07) is 24.6. The number of carbonyl (C=O) groups is 3. The normalized spacial score (nSPS) is 15.8. The van der Waals surface area contributed by atoms with E-state index in [0.717, 1.165) is 47.1 Å². The van der Waals surface area contributed by atoms with Gasteiger partial charge in [0, 0.05) is 31.5 Å². The Morgan fingerprint density at radius 3 is 2.10 bits per heavy atom. The van der Waals surface area contributed by atoms with Gasteiger partial charge in [-0.15, -0.1) is 0 Å². The van der Waals surface area contributed by atoms with E-state index in [1.165, 1.54) is 0 Å². The number of nitrogens with zero attached hydrogens (tertiary/aromatic N) is 1. The van der Waals surface area contributed by atoms with Gasteiger partial charge in [-0.1, -0.05) is 85.3 Å². The number of carboxylic acids is 1. The van der Waals surface area contributed by atoms with Crippen LogP contribution in [0.4, 0.5) is 4.79 Å². The highest BCUT2D eigenvalue weighted by Gasteiger charge is 2.33. The van der Waals surface area contributed by atoms with Crippen LogP contribution in [0.25, 0.3) is 11.1 Å². The summed E-state index contributed by atoms with van der Waals surface area (Å²) in [5.41, 5.74) is 5.64. The lowest BCUT2D eigenvalue weighted by Crippen LogP contribution is -2.51. The minimum Gasteiger partial charge on any atom is -0.480 e. The third-order valence-electron chi connectivity index (χ3n) is 8.19. The van der Waals surface area contributed by atoms with E-state index in [-0.39, 0.29) is 31.4 Å². The fourth-order valence-electron chi connectivity index (χ4n) is 5.88. The summed E-state index contributed by atoms with van der Waals surface area (Å²) in [7, 11) is 1.82. The molecule has 0 heterocycles. The first-order chi connectivity index (χ1) is 19.9. The molecule has 3 N–H and O–H groups in total. The molecule has 2 atom stereocenters. The number of aliphatic carboxylic acids is 1. The zero-order valence-corrected chi connectivity index (χ0v) is 23.3. The van der Waals surface area contributed by atoms with Gasteiger partial charge in [0.05, 0.1) is 0 Å². The number of fused-ring (bicyclic) bond motifs is 3. The van der Waals surface area contributed by atoms with Gasteiger partial charge >= 0.3 is 12.1 Å². The highest BCUT2D eigenvalue weighted by Crippen LogP contribution is 2.44. The van der Waals surface area contributed by atoms with Crippen LogP contribution in [0.3, 0.4) is 0 Å². The second-order valence-electron chi connectivity index (χ2n) is 11.1. The monoisotopic (exact) mass is 555 g/mol. The fraction of sp³-hybridized carbons (Fsp3) is 0.364. The van der Waals surface area contributed by atoms with Crippen LogP contribution in [-0.2, 0) is 20.9 Å². The maximum absolute atomic E-state index is 13.0. The molecule has 8 heteroatoms. The summed E-state index contributed by atoms with van der Waals surface area (Å²) >= 11 is 0. The molecule has 0 aromatic heterocycles. The van der Waals surface area contributed by atoms with Gasteiger partial charge < -0.3 is 20.5 Å². The average Bonchev–Trinajstić information content (AvgIpc) is 3.24. The number of carbonyl (C=O) groups excluding carboxylic acids is 2. The quantitative estimate of drug-likeness (QED) is 0.297. The number of carboxylic acid groups (broad SMARTS) is 1. The van der Waals surface area contributed by atoms with Crippen LogP contribution in [0.2, 0.25) is 0 Å². The predicted molar refractivity (Wildman–Crippen MR) is 156 cm³/mol. The van der Waals surface area contributed by atoms with Gasteiger partial charge in [0.2, 0.25) is 5.91 Å². The van der Waals surface area contributed by atoms with E-state index < -0.39 is 30.1 Å². The zero-order valence-electron chi connectivity index (χ0n) is 23.3. The highest BCUT2D eigenvalue weighted by atomic mass is 16.5. The Balaban J connectivity index is 1.16. The van der Waals surface area contributed by atoms with Crippen molar-refractivity contribution in [2.75, 3.05) is 20.2 Å². The number of nitrogens with one attached hydrogen (secondary N) is 2. The average molecular weight is 556 g/mol. The smallest absolute Gasteiger partial charge is 0.407 e. The molecule has 5 rings (SSSR count). The van der Waals surface area contributed by atoms with Crippen molar-refractivity contribution in [3.8, 4) is 11.1 Å². The molecule has 0 bridgehead atoms. The van der Waals surface area contributed by atoms with E-state index in [1.54, 1.807) is 0 Å². The van der Waals surface area contributed by atoms with Gasteiger partial charge in [-0.2, -0.15) is 0 Å². The number of hydrogen-bond acceptors (Lipinski definition) is 5. The number of ether oxygens (including phenoxy) is 1. The molecule has 2 aliphatic carbocycles. The zero-order chi connectivity index (χ0) is 28.8. The molecular weight excluding hydrogens is 518 g/mol. The summed E-state index contributed by atoms with van der Waals surface area (Å²) in [5, 5.41) is 15.3. The van der Waals surface area contributed by atoms with Crippen molar-refractivity contribution >= 4 is 18.0 Å². The number of amides is 2. The molecule has 3 aromatic rings. The van der Waals surface area contributed by atoms with Gasteiger partial charge in [0.25, 0.3) is 0 Å². The van der Waals surface area contributed by atoms with Crippen LogP contribution in [0, 0.1) is 5.92 Å². The van der Waals surface area contributed by atoms with E-state index in [0.29, 0.717) is 6.54 Å². The van der Waals surface area contributed by atoms with Crippen molar-refractivity contribution < 1.29 is 24.2 Å². The van der Waals surface area contributed by atoms with Crippen LogP contribution in [-0.4, -0.2) is 60.3 Å². The molecule has 0 radical (unpaired) electrons. The third kappa shape index (κ3) is 6.95. The molecule has 3 aromatic carbocycles. The third-order valence-corrected chi connectivity index (χ3v) is 8.19. The molecule has 0 spiro atoms. The van der Waals surface area contributed by atoms with Crippen molar-refractivity contribution in [2.24, 2.45) is 5.92 Å². The fourth-order valence-corrected chi connectivity index (χ4v) is 5.88. The summed E-state index contributed by atoms with van der Waals surface area (Å²) < 4.78 is 5.72. The van der Waals surface area contributed by atoms with Crippen molar-refractivity contribution in [1.29, 1.82) is 0 Å². The SMILES string of the molecule is CN(Cc1ccccc1)CC(NC(=O)CC(NC(=O)OCC1c2ccccc2-c2ccccc21)C1CCC1)C(=O)O. The largest absolute Gasteiger partial charge is 0.480 e. The van der Waals surface area contributed by atoms with E-state index in [2.05, 4.69) is 34.9 Å². The van der Waals surface area contributed by atoms with Crippen molar-refractivity contribution in [1.82, 2.24) is 15.5 Å². The molecule has 2 amide bonds.